The zero-order valence-electron chi connectivity index (χ0n) is 6.17. The van der Waals surface area contributed by atoms with Gasteiger partial charge >= 0.3 is 0 Å². The summed E-state index contributed by atoms with van der Waals surface area (Å²) in [5.41, 5.74) is 2.27. The summed E-state index contributed by atoms with van der Waals surface area (Å²) < 4.78 is 0.907. The van der Waals surface area contributed by atoms with Crippen molar-refractivity contribution in [1.29, 1.82) is 0 Å². The van der Waals surface area contributed by atoms with Crippen LogP contribution in [0.2, 0.25) is 0 Å². The molecule has 0 aliphatic heterocycles. The van der Waals surface area contributed by atoms with Crippen molar-refractivity contribution in [3.63, 3.8) is 0 Å². The molecule has 60 valence electrons. The monoisotopic (exact) mass is 287 g/mol. The number of aromatic amines is 1. The molecular formula is C9H6INS. The van der Waals surface area contributed by atoms with Gasteiger partial charge in [-0.25, -0.2) is 0 Å². The second-order valence-corrected chi connectivity index (χ2v) is 4.74. The minimum atomic E-state index is 0.907. The van der Waals surface area contributed by atoms with E-state index in [0.717, 1.165) is 14.0 Å². The van der Waals surface area contributed by atoms with E-state index in [1.807, 2.05) is 24.4 Å². The van der Waals surface area contributed by atoms with Gasteiger partial charge < -0.3 is 4.98 Å². The standard InChI is InChI=1S/C9H6INS/c10-9(12)7-5-11-8-4-2-1-3-6(7)8/h1-5,11H. The number of hydrogen-bond donors (Lipinski definition) is 1. The van der Waals surface area contributed by atoms with E-state index >= 15 is 0 Å². The molecule has 0 spiro atoms. The summed E-state index contributed by atoms with van der Waals surface area (Å²) in [6.07, 6.45) is 1.96. The molecule has 0 atom stereocenters. The smallest absolute Gasteiger partial charge is 0.0853 e. The third kappa shape index (κ3) is 1.27. The second-order valence-electron chi connectivity index (χ2n) is 2.52. The zero-order valence-corrected chi connectivity index (χ0v) is 9.15. The number of thiocarbonyl (C=S) groups is 1. The molecule has 1 nitrogen and oxygen atoms in total. The Bertz CT molecular complexity index is 433. The van der Waals surface area contributed by atoms with Crippen LogP contribution >= 0.6 is 34.8 Å². The van der Waals surface area contributed by atoms with E-state index in [1.54, 1.807) is 0 Å². The van der Waals surface area contributed by atoms with Crippen molar-refractivity contribution in [3.05, 3.63) is 36.0 Å². The first-order chi connectivity index (χ1) is 5.79. The van der Waals surface area contributed by atoms with Crippen molar-refractivity contribution in [1.82, 2.24) is 4.98 Å². The van der Waals surface area contributed by atoms with Gasteiger partial charge in [0.1, 0.15) is 0 Å². The quantitative estimate of drug-likeness (QED) is 0.483. The first-order valence-electron chi connectivity index (χ1n) is 3.55. The van der Waals surface area contributed by atoms with Crippen LogP contribution in [0, 0.1) is 0 Å². The number of para-hydroxylation sites is 1. The molecule has 0 amide bonds. The van der Waals surface area contributed by atoms with Gasteiger partial charge in [-0.1, -0.05) is 30.4 Å². The molecule has 3 heteroatoms. The lowest BCUT2D eigenvalue weighted by molar-refractivity contribution is 1.47. The number of benzene rings is 1. The number of aromatic nitrogens is 1. The van der Waals surface area contributed by atoms with Crippen LogP contribution in [0.15, 0.2) is 30.5 Å². The number of fused-ring (bicyclic) bond motifs is 1. The maximum absolute atomic E-state index is 5.11. The summed E-state index contributed by atoms with van der Waals surface area (Å²) in [7, 11) is 0. The lowest BCUT2D eigenvalue weighted by Crippen LogP contribution is -1.80. The minimum absolute atomic E-state index is 0.907. The van der Waals surface area contributed by atoms with Crippen LogP contribution in [0.25, 0.3) is 10.9 Å². The SMILES string of the molecule is S=C(I)c1c[nH]c2ccccc12. The van der Waals surface area contributed by atoms with E-state index in [0.29, 0.717) is 0 Å². The highest BCUT2D eigenvalue weighted by atomic mass is 127. The molecule has 1 heterocycles. The molecule has 2 rings (SSSR count). The maximum Gasteiger partial charge on any atom is 0.0853 e. The van der Waals surface area contributed by atoms with Gasteiger partial charge in [0.2, 0.25) is 0 Å². The Morgan fingerprint density at radius 1 is 1.33 bits per heavy atom. The molecule has 0 saturated carbocycles. The predicted molar refractivity (Wildman–Crippen MR) is 64.0 cm³/mol. The zero-order chi connectivity index (χ0) is 8.55. The Kier molecular flexibility index (Phi) is 2.14. The van der Waals surface area contributed by atoms with Crippen LogP contribution in [0.4, 0.5) is 0 Å². The Hall–Kier alpha value is -0.420. The number of rotatable bonds is 1. The van der Waals surface area contributed by atoms with Crippen molar-refractivity contribution in [3.8, 4) is 0 Å². The van der Waals surface area contributed by atoms with Gasteiger partial charge in [-0.3, -0.25) is 0 Å². The fourth-order valence-electron chi connectivity index (χ4n) is 1.23. The molecule has 1 aromatic carbocycles. The summed E-state index contributed by atoms with van der Waals surface area (Å²) in [4.78, 5) is 3.18. The molecule has 0 fully saturated rings. The van der Waals surface area contributed by atoms with Gasteiger partial charge in [0.05, 0.1) is 2.87 Å². The Labute approximate surface area is 89.3 Å². The fourth-order valence-corrected chi connectivity index (χ4v) is 1.85. The molecule has 0 aliphatic carbocycles. The molecule has 0 unspecified atom stereocenters. The summed E-state index contributed by atoms with van der Waals surface area (Å²) >= 11 is 7.27. The van der Waals surface area contributed by atoms with Crippen molar-refractivity contribution in [2.75, 3.05) is 0 Å². The average Bonchev–Trinajstić information content (AvgIpc) is 2.47. The fraction of sp³-hybridized carbons (Fsp3) is 0. The lowest BCUT2D eigenvalue weighted by Gasteiger charge is -1.91. The first kappa shape index (κ1) is 8.19. The Morgan fingerprint density at radius 3 is 2.83 bits per heavy atom. The number of H-pyrrole nitrogens is 1. The molecule has 12 heavy (non-hydrogen) atoms. The molecular weight excluding hydrogens is 281 g/mol. The average molecular weight is 287 g/mol. The van der Waals surface area contributed by atoms with Gasteiger partial charge in [0.25, 0.3) is 0 Å². The number of hydrogen-bond acceptors (Lipinski definition) is 1. The van der Waals surface area contributed by atoms with Crippen LogP contribution < -0.4 is 0 Å². The highest BCUT2D eigenvalue weighted by Crippen LogP contribution is 2.20. The molecule has 1 aromatic heterocycles. The largest absolute Gasteiger partial charge is 0.360 e. The summed E-state index contributed by atoms with van der Waals surface area (Å²) in [6.45, 7) is 0. The summed E-state index contributed by atoms with van der Waals surface area (Å²) in [5.74, 6) is 0. The first-order valence-corrected chi connectivity index (χ1v) is 5.03. The van der Waals surface area contributed by atoms with Crippen molar-refractivity contribution in [2.45, 2.75) is 0 Å². The van der Waals surface area contributed by atoms with Gasteiger partial charge in [-0.15, -0.1) is 0 Å². The predicted octanol–water partition coefficient (Wildman–Crippen LogP) is 3.28. The highest BCUT2D eigenvalue weighted by Gasteiger charge is 2.03. The van der Waals surface area contributed by atoms with E-state index < -0.39 is 0 Å². The number of halogens is 1. The van der Waals surface area contributed by atoms with E-state index in [-0.39, 0.29) is 0 Å². The molecule has 0 bridgehead atoms. The van der Waals surface area contributed by atoms with Gasteiger partial charge in [-0.05, 0) is 28.7 Å². The third-order valence-electron chi connectivity index (χ3n) is 1.80. The Balaban J connectivity index is 2.79. The van der Waals surface area contributed by atoms with E-state index in [9.17, 15) is 0 Å². The van der Waals surface area contributed by atoms with Crippen LogP contribution in [-0.4, -0.2) is 7.86 Å². The van der Waals surface area contributed by atoms with Crippen LogP contribution in [0.1, 0.15) is 5.56 Å². The van der Waals surface area contributed by atoms with Gasteiger partial charge in [0, 0.05) is 22.7 Å². The van der Waals surface area contributed by atoms with Crippen molar-refractivity contribution in [2.24, 2.45) is 0 Å². The minimum Gasteiger partial charge on any atom is -0.360 e. The van der Waals surface area contributed by atoms with Crippen molar-refractivity contribution < 1.29 is 0 Å². The van der Waals surface area contributed by atoms with Gasteiger partial charge in [-0.2, -0.15) is 0 Å². The van der Waals surface area contributed by atoms with E-state index in [4.69, 9.17) is 12.2 Å². The molecule has 0 radical (unpaired) electrons. The van der Waals surface area contributed by atoms with Crippen molar-refractivity contribution >= 4 is 48.6 Å². The van der Waals surface area contributed by atoms with E-state index in [1.165, 1.54) is 5.39 Å². The van der Waals surface area contributed by atoms with E-state index in [2.05, 4.69) is 33.6 Å². The van der Waals surface area contributed by atoms with Crippen LogP contribution in [-0.2, 0) is 0 Å². The summed E-state index contributed by atoms with van der Waals surface area (Å²) in [5, 5.41) is 1.21. The van der Waals surface area contributed by atoms with Crippen LogP contribution in [0.3, 0.4) is 0 Å². The Morgan fingerprint density at radius 2 is 2.08 bits per heavy atom. The third-order valence-corrected chi connectivity index (χ3v) is 2.60. The lowest BCUT2D eigenvalue weighted by atomic mass is 10.2. The normalized spacial score (nSPS) is 10.4. The van der Waals surface area contributed by atoms with Crippen LogP contribution in [0.5, 0.6) is 0 Å². The van der Waals surface area contributed by atoms with Gasteiger partial charge in [0.15, 0.2) is 0 Å². The number of nitrogens with one attached hydrogen (secondary N) is 1. The molecule has 0 aliphatic rings. The summed E-state index contributed by atoms with van der Waals surface area (Å²) in [6, 6.07) is 8.16. The maximum atomic E-state index is 5.11. The highest BCUT2D eigenvalue weighted by molar-refractivity contribution is 14.1. The molecule has 0 saturated heterocycles. The second kappa shape index (κ2) is 3.14. The topological polar surface area (TPSA) is 15.8 Å². The molecule has 1 N–H and O–H groups in total. The molecule has 2 aromatic rings.